The van der Waals surface area contributed by atoms with Crippen molar-refractivity contribution in [3.05, 3.63) is 0 Å². The van der Waals surface area contributed by atoms with Crippen LogP contribution in [0.15, 0.2) is 0 Å². The normalized spacial score (nSPS) is 46.0. The number of ether oxygens (including phenoxy) is 1. The molecule has 0 spiro atoms. The third kappa shape index (κ3) is 1.20. The smallest absolute Gasteiger partial charge is 0.335 e. The predicted octanol–water partition coefficient (Wildman–Crippen LogP) is -0.779. The van der Waals surface area contributed by atoms with Crippen molar-refractivity contribution in [2.45, 2.75) is 18.6 Å². The maximum absolute atomic E-state index is 10.3. The van der Waals surface area contributed by atoms with E-state index in [1.54, 1.807) is 0 Å². The van der Waals surface area contributed by atoms with Gasteiger partial charge in [0, 0.05) is 1.37 Å². The van der Waals surface area contributed by atoms with E-state index in [2.05, 4.69) is 5.11 Å². The van der Waals surface area contributed by atoms with Gasteiger partial charge in [-0.3, -0.25) is 0 Å². The van der Waals surface area contributed by atoms with Crippen LogP contribution in [0.5, 0.6) is 0 Å². The molecule has 0 aromatic heterocycles. The number of hydrogen-bond donors (Lipinski definition) is 2. The lowest BCUT2D eigenvalue weighted by molar-refractivity contribution is -0.151. The SMILES string of the molecule is [2H]OC1C([2H])COC1C(=O)O. The van der Waals surface area contributed by atoms with Gasteiger partial charge in [-0.2, -0.15) is 0 Å². The maximum Gasteiger partial charge on any atom is 0.335 e. The van der Waals surface area contributed by atoms with Gasteiger partial charge >= 0.3 is 5.97 Å². The van der Waals surface area contributed by atoms with Gasteiger partial charge in [0.15, 0.2) is 6.10 Å². The Morgan fingerprint density at radius 3 is 3.22 bits per heavy atom. The van der Waals surface area contributed by atoms with Crippen molar-refractivity contribution in [1.82, 2.24) is 0 Å². The van der Waals surface area contributed by atoms with Crippen molar-refractivity contribution in [3.8, 4) is 0 Å². The molecule has 0 saturated carbocycles. The van der Waals surface area contributed by atoms with Gasteiger partial charge in [-0.1, -0.05) is 0 Å². The van der Waals surface area contributed by atoms with E-state index in [0.29, 0.717) is 0 Å². The molecule has 0 aromatic rings. The van der Waals surface area contributed by atoms with E-state index in [4.69, 9.17) is 12.6 Å². The summed E-state index contributed by atoms with van der Waals surface area (Å²) in [5, 5.41) is 12.5. The highest BCUT2D eigenvalue weighted by Gasteiger charge is 2.32. The Labute approximate surface area is 55.0 Å². The van der Waals surface area contributed by atoms with Gasteiger partial charge in [0.05, 0.1) is 12.7 Å². The Morgan fingerprint density at radius 1 is 2.00 bits per heavy atom. The van der Waals surface area contributed by atoms with E-state index < -0.39 is 24.6 Å². The van der Waals surface area contributed by atoms with Crippen molar-refractivity contribution in [3.63, 3.8) is 0 Å². The number of aliphatic carboxylic acids is 1. The zero-order chi connectivity index (χ0) is 8.43. The lowest BCUT2D eigenvalue weighted by Gasteiger charge is -2.05. The van der Waals surface area contributed by atoms with Crippen molar-refractivity contribution >= 4 is 5.97 Å². The summed E-state index contributed by atoms with van der Waals surface area (Å²) < 4.78 is 18.4. The first kappa shape index (κ1) is 4.24. The molecule has 0 bridgehead atoms. The first-order valence-corrected chi connectivity index (χ1v) is 2.55. The van der Waals surface area contributed by atoms with Crippen molar-refractivity contribution < 1.29 is 21.1 Å². The summed E-state index contributed by atoms with van der Waals surface area (Å²) in [7, 11) is 0. The summed E-state index contributed by atoms with van der Waals surface area (Å²) in [5.41, 5.74) is 0. The minimum absolute atomic E-state index is 0.0144. The van der Waals surface area contributed by atoms with Gasteiger partial charge in [-0.15, -0.1) is 0 Å². The number of carboxylic acid groups (broad SMARTS) is 1. The molecule has 2 N–H and O–H groups in total. The molecular formula is C5H8O4. The van der Waals surface area contributed by atoms with Gasteiger partial charge in [-0.25, -0.2) is 4.79 Å². The fraction of sp³-hybridized carbons (Fsp3) is 0.800. The number of hydrogen-bond acceptors (Lipinski definition) is 3. The zero-order valence-corrected chi connectivity index (χ0v) is 4.61. The molecular weight excluding hydrogens is 124 g/mol. The highest BCUT2D eigenvalue weighted by molar-refractivity contribution is 5.73. The third-order valence-electron chi connectivity index (χ3n) is 1.15. The van der Waals surface area contributed by atoms with Crippen LogP contribution in [0.3, 0.4) is 0 Å². The Morgan fingerprint density at radius 2 is 2.78 bits per heavy atom. The lowest BCUT2D eigenvalue weighted by Crippen LogP contribution is -2.29. The molecule has 52 valence electrons. The summed E-state index contributed by atoms with van der Waals surface area (Å²) in [4.78, 5) is 10.3. The zero-order valence-electron chi connectivity index (χ0n) is 6.61. The van der Waals surface area contributed by atoms with E-state index in [1.165, 1.54) is 0 Å². The van der Waals surface area contributed by atoms with Gasteiger partial charge in [0.25, 0.3) is 0 Å². The highest BCUT2D eigenvalue weighted by atomic mass is 16.5. The van der Waals surface area contributed by atoms with Crippen molar-refractivity contribution in [2.75, 3.05) is 6.61 Å². The van der Waals surface area contributed by atoms with Crippen LogP contribution in [-0.2, 0) is 9.53 Å². The molecule has 1 heterocycles. The molecule has 1 fully saturated rings. The van der Waals surface area contributed by atoms with E-state index >= 15 is 0 Å². The fourth-order valence-electron chi connectivity index (χ4n) is 0.684. The van der Waals surface area contributed by atoms with Crippen LogP contribution in [0.1, 0.15) is 7.77 Å². The van der Waals surface area contributed by atoms with E-state index in [1.807, 2.05) is 0 Å². The Balaban J connectivity index is 2.61. The minimum atomic E-state index is -1.18. The van der Waals surface area contributed by atoms with Crippen molar-refractivity contribution in [1.29, 1.82) is 1.43 Å². The van der Waals surface area contributed by atoms with Gasteiger partial charge < -0.3 is 15.0 Å². The molecule has 1 saturated heterocycles. The molecule has 4 nitrogen and oxygen atoms in total. The molecule has 0 amide bonds. The molecule has 9 heavy (non-hydrogen) atoms. The molecule has 3 unspecified atom stereocenters. The summed E-state index contributed by atoms with van der Waals surface area (Å²) in [6, 6.07) is 0. The van der Waals surface area contributed by atoms with Gasteiger partial charge in [0.2, 0.25) is 1.43 Å². The Bertz CT molecular complexity index is 163. The average Bonchev–Trinajstić information content (AvgIpc) is 2.30. The predicted molar refractivity (Wildman–Crippen MR) is 28.0 cm³/mol. The van der Waals surface area contributed by atoms with Gasteiger partial charge in [0.1, 0.15) is 0 Å². The van der Waals surface area contributed by atoms with Crippen LogP contribution in [0.4, 0.5) is 0 Å². The molecule has 1 aliphatic rings. The number of carbonyl (C=O) groups is 1. The second-order valence-electron chi connectivity index (χ2n) is 1.79. The summed E-state index contributed by atoms with van der Waals surface area (Å²) in [6.07, 6.45) is -2.89. The molecule has 0 radical (unpaired) electrons. The summed E-state index contributed by atoms with van der Waals surface area (Å²) >= 11 is 0. The fourth-order valence-corrected chi connectivity index (χ4v) is 0.684. The van der Waals surface area contributed by atoms with Crippen molar-refractivity contribution in [2.24, 2.45) is 0 Å². The second-order valence-corrected chi connectivity index (χ2v) is 1.79. The summed E-state index contributed by atoms with van der Waals surface area (Å²) in [5.74, 6) is -1.18. The molecule has 0 aliphatic carbocycles. The minimum Gasteiger partial charge on any atom is -0.479 e. The number of carboxylic acids is 1. The van der Waals surface area contributed by atoms with Crippen LogP contribution in [0.25, 0.3) is 0 Å². The third-order valence-corrected chi connectivity index (χ3v) is 1.15. The van der Waals surface area contributed by atoms with Crippen LogP contribution in [-0.4, -0.2) is 36.4 Å². The maximum atomic E-state index is 10.3. The Hall–Kier alpha value is -0.610. The van der Waals surface area contributed by atoms with E-state index in [0.717, 1.165) is 0 Å². The largest absolute Gasteiger partial charge is 0.479 e. The number of aliphatic hydroxyl groups is 1. The second kappa shape index (κ2) is 2.33. The van der Waals surface area contributed by atoms with Crippen LogP contribution in [0.2, 0.25) is 0 Å². The van der Waals surface area contributed by atoms with Crippen LogP contribution < -0.4 is 0 Å². The first-order valence-electron chi connectivity index (χ1n) is 3.54. The standard InChI is InChI=1S/C5H8O4/c6-3-1-2-9-4(3)5(7)8/h3-4,6H,1-2H2,(H,7,8)/i1D,6D. The molecule has 4 heteroatoms. The number of aliphatic hydroxyl groups excluding tert-OH is 1. The first-order chi connectivity index (χ1) is 5.16. The highest BCUT2D eigenvalue weighted by Crippen LogP contribution is 2.12. The van der Waals surface area contributed by atoms with E-state index in [-0.39, 0.29) is 6.61 Å². The topological polar surface area (TPSA) is 66.8 Å². The molecule has 1 aliphatic heterocycles. The average molecular weight is 134 g/mol. The molecule has 0 aromatic carbocycles. The molecule has 1 rings (SSSR count). The lowest BCUT2D eigenvalue weighted by atomic mass is 10.2. The van der Waals surface area contributed by atoms with Crippen LogP contribution in [0, 0.1) is 0 Å². The number of rotatable bonds is 2. The monoisotopic (exact) mass is 134 g/mol. The van der Waals surface area contributed by atoms with Gasteiger partial charge in [-0.05, 0) is 6.40 Å². The quantitative estimate of drug-likeness (QED) is 0.520. The summed E-state index contributed by atoms with van der Waals surface area (Å²) in [6.45, 7) is 0.0144. The molecule has 3 atom stereocenters. The van der Waals surface area contributed by atoms with E-state index in [9.17, 15) is 4.79 Å². The Kier molecular flexibility index (Phi) is 1.10. The van der Waals surface area contributed by atoms with Crippen LogP contribution >= 0.6 is 0 Å².